The first-order valence-corrected chi connectivity index (χ1v) is 6.83. The fraction of sp³-hybridized carbons (Fsp3) is 0.846. The molecule has 104 valence electrons. The Morgan fingerprint density at radius 1 is 1.22 bits per heavy atom. The van der Waals surface area contributed by atoms with Crippen molar-refractivity contribution < 1.29 is 14.7 Å². The van der Waals surface area contributed by atoms with Crippen molar-refractivity contribution in [1.82, 2.24) is 5.32 Å². The first kappa shape index (κ1) is 15.0. The van der Waals surface area contributed by atoms with Crippen LogP contribution in [0.4, 0.5) is 0 Å². The van der Waals surface area contributed by atoms with Crippen LogP contribution in [0.25, 0.3) is 0 Å². The highest BCUT2D eigenvalue weighted by Gasteiger charge is 2.29. The number of carbonyl (C=O) groups is 2. The minimum Gasteiger partial charge on any atom is -0.481 e. The lowest BCUT2D eigenvalue weighted by Crippen LogP contribution is -2.33. The van der Waals surface area contributed by atoms with Crippen LogP contribution >= 0.6 is 0 Å². The molecule has 0 aromatic rings. The van der Waals surface area contributed by atoms with E-state index in [4.69, 9.17) is 10.8 Å². The summed E-state index contributed by atoms with van der Waals surface area (Å²) < 4.78 is 0. The minimum atomic E-state index is -0.739. The molecule has 0 spiro atoms. The summed E-state index contributed by atoms with van der Waals surface area (Å²) in [6.07, 6.45) is 6.49. The van der Waals surface area contributed by atoms with Crippen LogP contribution in [0.3, 0.4) is 0 Å². The van der Waals surface area contributed by atoms with E-state index < -0.39 is 5.97 Å². The third kappa shape index (κ3) is 7.27. The summed E-state index contributed by atoms with van der Waals surface area (Å²) >= 11 is 0. The Bertz CT molecular complexity index is 277. The molecule has 1 unspecified atom stereocenters. The van der Waals surface area contributed by atoms with Gasteiger partial charge in [-0.1, -0.05) is 12.8 Å². The first-order valence-electron chi connectivity index (χ1n) is 6.83. The SMILES string of the molecule is NC(CC(=O)NCCCCCCC(=O)O)C1CC1. The Labute approximate surface area is 108 Å². The predicted octanol–water partition coefficient (Wildman–Crippen LogP) is 1.27. The molecule has 0 bridgehead atoms. The van der Waals surface area contributed by atoms with Crippen LogP contribution in [0.15, 0.2) is 0 Å². The van der Waals surface area contributed by atoms with Crippen molar-refractivity contribution in [3.63, 3.8) is 0 Å². The van der Waals surface area contributed by atoms with Crippen molar-refractivity contribution in [2.24, 2.45) is 11.7 Å². The monoisotopic (exact) mass is 256 g/mol. The number of unbranched alkanes of at least 4 members (excludes halogenated alkanes) is 3. The molecular formula is C13H24N2O3. The van der Waals surface area contributed by atoms with E-state index in [0.29, 0.717) is 18.9 Å². The molecule has 1 fully saturated rings. The summed E-state index contributed by atoms with van der Waals surface area (Å²) in [5.41, 5.74) is 5.86. The van der Waals surface area contributed by atoms with Crippen LogP contribution in [0.5, 0.6) is 0 Å². The minimum absolute atomic E-state index is 0.0283. The maximum atomic E-state index is 11.5. The molecule has 1 aliphatic rings. The number of hydrogen-bond acceptors (Lipinski definition) is 3. The number of rotatable bonds is 10. The molecule has 4 N–H and O–H groups in total. The largest absolute Gasteiger partial charge is 0.481 e. The second kappa shape index (κ2) is 8.08. The molecule has 1 rings (SSSR count). The van der Waals surface area contributed by atoms with E-state index in [9.17, 15) is 9.59 Å². The van der Waals surface area contributed by atoms with Gasteiger partial charge in [-0.05, 0) is 31.6 Å². The second-order valence-corrected chi connectivity index (χ2v) is 5.11. The van der Waals surface area contributed by atoms with E-state index in [2.05, 4.69) is 5.32 Å². The van der Waals surface area contributed by atoms with E-state index >= 15 is 0 Å². The number of carboxylic acids is 1. The maximum absolute atomic E-state index is 11.5. The van der Waals surface area contributed by atoms with Crippen molar-refractivity contribution in [1.29, 1.82) is 0 Å². The summed E-state index contributed by atoms with van der Waals surface area (Å²) in [5, 5.41) is 11.3. The van der Waals surface area contributed by atoms with Crippen LogP contribution < -0.4 is 11.1 Å². The molecule has 1 aliphatic carbocycles. The summed E-state index contributed by atoms with van der Waals surface area (Å²) in [5.74, 6) is -0.135. The highest BCUT2D eigenvalue weighted by Crippen LogP contribution is 2.32. The van der Waals surface area contributed by atoms with Crippen LogP contribution in [0.1, 0.15) is 51.4 Å². The molecule has 0 heterocycles. The molecule has 0 radical (unpaired) electrons. The van der Waals surface area contributed by atoms with Crippen molar-refractivity contribution in [2.75, 3.05) is 6.54 Å². The summed E-state index contributed by atoms with van der Waals surface area (Å²) in [7, 11) is 0. The standard InChI is InChI=1S/C13H24N2O3/c14-11(10-6-7-10)9-12(16)15-8-4-2-1-3-5-13(17)18/h10-11H,1-9,14H2,(H,15,16)(H,17,18). The Hall–Kier alpha value is -1.10. The summed E-state index contributed by atoms with van der Waals surface area (Å²) in [6.45, 7) is 0.670. The zero-order chi connectivity index (χ0) is 13.4. The third-order valence-electron chi connectivity index (χ3n) is 3.29. The molecule has 0 saturated heterocycles. The van der Waals surface area contributed by atoms with Gasteiger partial charge in [0.1, 0.15) is 0 Å². The van der Waals surface area contributed by atoms with Gasteiger partial charge < -0.3 is 16.2 Å². The zero-order valence-electron chi connectivity index (χ0n) is 10.9. The van der Waals surface area contributed by atoms with Gasteiger partial charge in [0.05, 0.1) is 0 Å². The van der Waals surface area contributed by atoms with Crippen LogP contribution in [-0.2, 0) is 9.59 Å². The smallest absolute Gasteiger partial charge is 0.303 e. The van der Waals surface area contributed by atoms with E-state index in [-0.39, 0.29) is 18.4 Å². The maximum Gasteiger partial charge on any atom is 0.303 e. The summed E-state index contributed by atoms with van der Waals surface area (Å²) in [6, 6.07) is 0.0283. The van der Waals surface area contributed by atoms with Gasteiger partial charge >= 0.3 is 5.97 Å². The van der Waals surface area contributed by atoms with Crippen molar-refractivity contribution in [3.8, 4) is 0 Å². The molecule has 1 amide bonds. The average molecular weight is 256 g/mol. The fourth-order valence-corrected chi connectivity index (χ4v) is 1.96. The molecule has 1 atom stereocenters. The van der Waals surface area contributed by atoms with Gasteiger partial charge in [-0.15, -0.1) is 0 Å². The molecule has 0 aromatic carbocycles. The van der Waals surface area contributed by atoms with Crippen molar-refractivity contribution in [3.05, 3.63) is 0 Å². The normalized spacial score (nSPS) is 16.3. The Kier molecular flexibility index (Phi) is 6.72. The molecule has 0 aliphatic heterocycles. The number of nitrogens with one attached hydrogen (secondary N) is 1. The molecule has 5 nitrogen and oxygen atoms in total. The van der Waals surface area contributed by atoms with Gasteiger partial charge in [-0.3, -0.25) is 9.59 Å². The van der Waals surface area contributed by atoms with E-state index in [0.717, 1.165) is 38.5 Å². The van der Waals surface area contributed by atoms with Crippen LogP contribution in [-0.4, -0.2) is 29.6 Å². The number of amides is 1. The van der Waals surface area contributed by atoms with Gasteiger partial charge in [0, 0.05) is 25.4 Å². The summed E-state index contributed by atoms with van der Waals surface area (Å²) in [4.78, 5) is 21.8. The quantitative estimate of drug-likeness (QED) is 0.513. The Balaban J connectivity index is 1.87. The number of carbonyl (C=O) groups excluding carboxylic acids is 1. The Morgan fingerprint density at radius 3 is 2.50 bits per heavy atom. The predicted molar refractivity (Wildman–Crippen MR) is 69.0 cm³/mol. The lowest BCUT2D eigenvalue weighted by molar-refractivity contribution is -0.137. The molecule has 18 heavy (non-hydrogen) atoms. The zero-order valence-corrected chi connectivity index (χ0v) is 10.9. The van der Waals surface area contributed by atoms with Gasteiger partial charge in [0.25, 0.3) is 0 Å². The van der Waals surface area contributed by atoms with E-state index in [1.54, 1.807) is 0 Å². The van der Waals surface area contributed by atoms with Gasteiger partial charge in [-0.25, -0.2) is 0 Å². The Morgan fingerprint density at radius 2 is 1.89 bits per heavy atom. The highest BCUT2D eigenvalue weighted by molar-refractivity contribution is 5.76. The average Bonchev–Trinajstić information content (AvgIpc) is 3.10. The third-order valence-corrected chi connectivity index (χ3v) is 3.29. The first-order chi connectivity index (χ1) is 8.59. The molecule has 1 saturated carbocycles. The number of aliphatic carboxylic acids is 1. The molecule has 5 heteroatoms. The second-order valence-electron chi connectivity index (χ2n) is 5.11. The van der Waals surface area contributed by atoms with Gasteiger partial charge in [0.2, 0.25) is 5.91 Å². The number of hydrogen-bond donors (Lipinski definition) is 3. The van der Waals surface area contributed by atoms with E-state index in [1.807, 2.05) is 0 Å². The van der Waals surface area contributed by atoms with Gasteiger partial charge in [-0.2, -0.15) is 0 Å². The van der Waals surface area contributed by atoms with Crippen molar-refractivity contribution in [2.45, 2.75) is 57.4 Å². The number of nitrogens with two attached hydrogens (primary N) is 1. The fourth-order valence-electron chi connectivity index (χ4n) is 1.96. The lowest BCUT2D eigenvalue weighted by atomic mass is 10.1. The molecule has 0 aromatic heterocycles. The lowest BCUT2D eigenvalue weighted by Gasteiger charge is -2.10. The highest BCUT2D eigenvalue weighted by atomic mass is 16.4. The van der Waals surface area contributed by atoms with Crippen LogP contribution in [0, 0.1) is 5.92 Å². The van der Waals surface area contributed by atoms with Crippen molar-refractivity contribution >= 4 is 11.9 Å². The topological polar surface area (TPSA) is 92.4 Å². The van der Waals surface area contributed by atoms with E-state index in [1.165, 1.54) is 0 Å². The molecular weight excluding hydrogens is 232 g/mol. The van der Waals surface area contributed by atoms with Crippen LogP contribution in [0.2, 0.25) is 0 Å². The van der Waals surface area contributed by atoms with Gasteiger partial charge in [0.15, 0.2) is 0 Å². The number of carboxylic acid groups (broad SMARTS) is 1.